The molecule has 1 unspecified atom stereocenters. The highest BCUT2D eigenvalue weighted by atomic mass is 35.5. The molecule has 2 fully saturated rings. The van der Waals surface area contributed by atoms with Gasteiger partial charge in [0.25, 0.3) is 0 Å². The zero-order chi connectivity index (χ0) is 14.9. The molecule has 116 valence electrons. The SMILES string of the molecule is CN(CC1CCC2(CCCCC2)O1)c1cc(Cl)ccc1N. The first-order valence-corrected chi connectivity index (χ1v) is 8.40. The van der Waals surface area contributed by atoms with Gasteiger partial charge in [0.2, 0.25) is 0 Å². The van der Waals surface area contributed by atoms with E-state index in [1.165, 1.54) is 38.5 Å². The lowest BCUT2D eigenvalue weighted by Crippen LogP contribution is -2.35. The second-order valence-electron chi connectivity index (χ2n) is 6.61. The minimum Gasteiger partial charge on any atom is -0.397 e. The molecule has 2 N–H and O–H groups in total. The molecule has 1 heterocycles. The quantitative estimate of drug-likeness (QED) is 0.849. The van der Waals surface area contributed by atoms with Crippen molar-refractivity contribution in [1.82, 2.24) is 0 Å². The van der Waals surface area contributed by atoms with Crippen LogP contribution in [0.2, 0.25) is 5.02 Å². The summed E-state index contributed by atoms with van der Waals surface area (Å²) in [5.41, 5.74) is 8.01. The van der Waals surface area contributed by atoms with Crippen LogP contribution in [0.4, 0.5) is 11.4 Å². The number of rotatable bonds is 3. The Balaban J connectivity index is 1.63. The van der Waals surface area contributed by atoms with Crippen molar-refractivity contribution in [1.29, 1.82) is 0 Å². The van der Waals surface area contributed by atoms with E-state index in [1.807, 2.05) is 18.2 Å². The van der Waals surface area contributed by atoms with E-state index in [0.717, 1.165) is 29.4 Å². The van der Waals surface area contributed by atoms with Crippen molar-refractivity contribution < 1.29 is 4.74 Å². The van der Waals surface area contributed by atoms with Crippen LogP contribution in [0.1, 0.15) is 44.9 Å². The Labute approximate surface area is 132 Å². The molecule has 1 aromatic rings. The molecule has 0 amide bonds. The topological polar surface area (TPSA) is 38.5 Å². The molecule has 1 saturated heterocycles. The van der Waals surface area contributed by atoms with E-state index in [0.29, 0.717) is 6.10 Å². The monoisotopic (exact) mass is 308 g/mol. The summed E-state index contributed by atoms with van der Waals surface area (Å²) in [6, 6.07) is 5.63. The average molecular weight is 309 g/mol. The maximum Gasteiger partial charge on any atom is 0.0758 e. The van der Waals surface area contributed by atoms with Gasteiger partial charge < -0.3 is 15.4 Å². The van der Waals surface area contributed by atoms with Gasteiger partial charge in [-0.3, -0.25) is 0 Å². The molecule has 1 spiro atoms. The van der Waals surface area contributed by atoms with E-state index < -0.39 is 0 Å². The molecule has 1 aliphatic carbocycles. The van der Waals surface area contributed by atoms with Crippen LogP contribution < -0.4 is 10.6 Å². The summed E-state index contributed by atoms with van der Waals surface area (Å²) < 4.78 is 6.44. The zero-order valence-electron chi connectivity index (χ0n) is 12.8. The number of halogens is 1. The van der Waals surface area contributed by atoms with Gasteiger partial charge in [-0.2, -0.15) is 0 Å². The molecule has 3 nitrogen and oxygen atoms in total. The van der Waals surface area contributed by atoms with Crippen LogP contribution >= 0.6 is 11.6 Å². The van der Waals surface area contributed by atoms with Gasteiger partial charge in [0.05, 0.1) is 23.1 Å². The van der Waals surface area contributed by atoms with Gasteiger partial charge in [-0.25, -0.2) is 0 Å². The summed E-state index contributed by atoms with van der Waals surface area (Å²) in [6.45, 7) is 0.881. The number of nitrogens with zero attached hydrogens (tertiary/aromatic N) is 1. The van der Waals surface area contributed by atoms with Crippen molar-refractivity contribution in [2.24, 2.45) is 0 Å². The lowest BCUT2D eigenvalue weighted by atomic mass is 9.83. The predicted molar refractivity (Wildman–Crippen MR) is 89.1 cm³/mol. The lowest BCUT2D eigenvalue weighted by Gasteiger charge is -2.34. The molecule has 1 saturated carbocycles. The Morgan fingerprint density at radius 1 is 1.29 bits per heavy atom. The van der Waals surface area contributed by atoms with Crippen LogP contribution in [0, 0.1) is 0 Å². The van der Waals surface area contributed by atoms with Gasteiger partial charge in [-0.05, 0) is 43.9 Å². The molecule has 2 aliphatic rings. The Morgan fingerprint density at radius 2 is 2.05 bits per heavy atom. The van der Waals surface area contributed by atoms with Gasteiger partial charge in [0.15, 0.2) is 0 Å². The molecule has 0 aromatic heterocycles. The van der Waals surface area contributed by atoms with Gasteiger partial charge >= 0.3 is 0 Å². The molecule has 1 aliphatic heterocycles. The fraction of sp³-hybridized carbons (Fsp3) is 0.647. The normalized spacial score (nSPS) is 24.4. The fourth-order valence-electron chi connectivity index (χ4n) is 3.84. The first-order chi connectivity index (χ1) is 10.1. The maximum atomic E-state index is 6.44. The van der Waals surface area contributed by atoms with E-state index in [1.54, 1.807) is 0 Å². The second kappa shape index (κ2) is 6.05. The van der Waals surface area contributed by atoms with Crippen LogP contribution in [0.15, 0.2) is 18.2 Å². The zero-order valence-corrected chi connectivity index (χ0v) is 13.5. The van der Waals surface area contributed by atoms with Crippen LogP contribution in [0.3, 0.4) is 0 Å². The van der Waals surface area contributed by atoms with Crippen molar-refractivity contribution in [3.8, 4) is 0 Å². The maximum absolute atomic E-state index is 6.44. The third kappa shape index (κ3) is 3.29. The summed E-state index contributed by atoms with van der Waals surface area (Å²) in [7, 11) is 2.07. The van der Waals surface area contributed by atoms with Crippen molar-refractivity contribution in [3.05, 3.63) is 23.2 Å². The molecular formula is C17H25ClN2O. The molecule has 4 heteroatoms. The third-order valence-electron chi connectivity index (χ3n) is 4.98. The molecule has 3 rings (SSSR count). The van der Waals surface area contributed by atoms with Gasteiger partial charge in [0, 0.05) is 18.6 Å². The lowest BCUT2D eigenvalue weighted by molar-refractivity contribution is -0.0602. The molecule has 1 atom stereocenters. The average Bonchev–Trinajstić information content (AvgIpc) is 2.84. The first kappa shape index (κ1) is 15.0. The Bertz CT molecular complexity index is 500. The van der Waals surface area contributed by atoms with Crippen LogP contribution in [-0.4, -0.2) is 25.3 Å². The molecule has 21 heavy (non-hydrogen) atoms. The van der Waals surface area contributed by atoms with Crippen LogP contribution in [0.25, 0.3) is 0 Å². The standard InChI is InChI=1S/C17H25ClN2O/c1-20(16-11-13(18)5-6-15(16)19)12-14-7-10-17(21-14)8-3-2-4-9-17/h5-6,11,14H,2-4,7-10,12,19H2,1H3. The van der Waals surface area contributed by atoms with E-state index in [9.17, 15) is 0 Å². The van der Waals surface area contributed by atoms with Gasteiger partial charge in [-0.15, -0.1) is 0 Å². The van der Waals surface area contributed by atoms with E-state index in [-0.39, 0.29) is 5.60 Å². The van der Waals surface area contributed by atoms with Gasteiger partial charge in [0.1, 0.15) is 0 Å². The second-order valence-corrected chi connectivity index (χ2v) is 7.04. The summed E-state index contributed by atoms with van der Waals surface area (Å²) >= 11 is 6.08. The summed E-state index contributed by atoms with van der Waals surface area (Å²) in [5.74, 6) is 0. The molecule has 0 bridgehead atoms. The number of nitrogen functional groups attached to an aromatic ring is 1. The van der Waals surface area contributed by atoms with Crippen LogP contribution in [-0.2, 0) is 4.74 Å². The van der Waals surface area contributed by atoms with Crippen LogP contribution in [0.5, 0.6) is 0 Å². The summed E-state index contributed by atoms with van der Waals surface area (Å²) in [5, 5.41) is 0.724. The fourth-order valence-corrected chi connectivity index (χ4v) is 4.01. The van der Waals surface area contributed by atoms with E-state index in [4.69, 9.17) is 22.1 Å². The van der Waals surface area contributed by atoms with Crippen molar-refractivity contribution in [2.75, 3.05) is 24.2 Å². The van der Waals surface area contributed by atoms with E-state index >= 15 is 0 Å². The highest BCUT2D eigenvalue weighted by molar-refractivity contribution is 6.31. The molecule has 0 radical (unpaired) electrons. The van der Waals surface area contributed by atoms with E-state index in [2.05, 4.69) is 11.9 Å². The molecule has 1 aromatic carbocycles. The smallest absolute Gasteiger partial charge is 0.0758 e. The number of hydrogen-bond donors (Lipinski definition) is 1. The largest absolute Gasteiger partial charge is 0.397 e. The minimum absolute atomic E-state index is 0.184. The van der Waals surface area contributed by atoms with Crippen molar-refractivity contribution in [2.45, 2.75) is 56.7 Å². The number of hydrogen-bond acceptors (Lipinski definition) is 3. The number of anilines is 2. The minimum atomic E-state index is 0.184. The number of nitrogens with two attached hydrogens (primary N) is 1. The van der Waals surface area contributed by atoms with Crippen molar-refractivity contribution >= 4 is 23.0 Å². The number of ether oxygens (including phenoxy) is 1. The highest BCUT2D eigenvalue weighted by Gasteiger charge is 2.40. The number of benzene rings is 1. The first-order valence-electron chi connectivity index (χ1n) is 8.02. The Morgan fingerprint density at radius 3 is 2.81 bits per heavy atom. The third-order valence-corrected chi connectivity index (χ3v) is 5.22. The van der Waals surface area contributed by atoms with Crippen molar-refractivity contribution in [3.63, 3.8) is 0 Å². The Kier molecular flexibility index (Phi) is 4.32. The number of likely N-dealkylation sites (N-methyl/N-ethyl adjacent to an activating group) is 1. The summed E-state index contributed by atoms with van der Waals surface area (Å²) in [6.07, 6.45) is 9.19. The molecular weight excluding hydrogens is 284 g/mol. The predicted octanol–water partition coefficient (Wildman–Crippen LogP) is 4.24. The highest BCUT2D eigenvalue weighted by Crippen LogP contribution is 2.42. The Hall–Kier alpha value is -0.930. The van der Waals surface area contributed by atoms with Gasteiger partial charge in [-0.1, -0.05) is 30.9 Å². The summed E-state index contributed by atoms with van der Waals surface area (Å²) in [4.78, 5) is 2.17.